The van der Waals surface area contributed by atoms with E-state index in [1.54, 1.807) is 12.1 Å². The number of anilines is 1. The highest BCUT2D eigenvalue weighted by Crippen LogP contribution is 2.26. The molecular weight excluding hydrogens is 256 g/mol. The largest absolute Gasteiger partial charge is 0.368 e. The molecular formula is C11H14N2O4S. The van der Waals surface area contributed by atoms with Crippen LogP contribution in [0.25, 0.3) is 0 Å². The zero-order chi connectivity index (χ0) is 13.3. The summed E-state index contributed by atoms with van der Waals surface area (Å²) in [4.78, 5) is 12.9. The van der Waals surface area contributed by atoms with E-state index in [-0.39, 0.29) is 16.8 Å². The van der Waals surface area contributed by atoms with Crippen molar-refractivity contribution in [3.8, 4) is 0 Å². The van der Waals surface area contributed by atoms with Gasteiger partial charge in [-0.1, -0.05) is 0 Å². The van der Waals surface area contributed by atoms with Crippen LogP contribution in [-0.2, 0) is 14.9 Å². The van der Waals surface area contributed by atoms with Crippen molar-refractivity contribution in [1.29, 1.82) is 0 Å². The lowest BCUT2D eigenvalue weighted by molar-refractivity contribution is -0.119. The normalized spacial score (nSPS) is 20.1. The molecule has 0 spiro atoms. The number of amides is 1. The van der Waals surface area contributed by atoms with Gasteiger partial charge in [-0.15, -0.1) is 0 Å². The van der Waals surface area contributed by atoms with Gasteiger partial charge in [0.05, 0.1) is 4.90 Å². The van der Waals surface area contributed by atoms with Crippen LogP contribution < -0.4 is 10.6 Å². The standard InChI is InChI=1S/C11H14N2O4S/c12-11(14)10-2-1-7-13(10)8-3-5-9(6-4-8)18(15,16)17/h3-6,10H,1-2,7H2,(H2,12,14)(H,15,16,17). The summed E-state index contributed by atoms with van der Waals surface area (Å²) in [6, 6.07) is 5.39. The van der Waals surface area contributed by atoms with Crippen LogP contribution in [0.3, 0.4) is 0 Å². The molecule has 0 radical (unpaired) electrons. The summed E-state index contributed by atoms with van der Waals surface area (Å²) in [5.41, 5.74) is 6.03. The van der Waals surface area contributed by atoms with E-state index in [4.69, 9.17) is 10.3 Å². The highest BCUT2D eigenvalue weighted by molar-refractivity contribution is 7.85. The molecule has 1 unspecified atom stereocenters. The third kappa shape index (κ3) is 2.46. The zero-order valence-corrected chi connectivity index (χ0v) is 10.4. The minimum Gasteiger partial charge on any atom is -0.368 e. The lowest BCUT2D eigenvalue weighted by Gasteiger charge is -2.24. The van der Waals surface area contributed by atoms with Gasteiger partial charge in [-0.25, -0.2) is 0 Å². The first kappa shape index (κ1) is 12.8. The van der Waals surface area contributed by atoms with Crippen molar-refractivity contribution >= 4 is 21.7 Å². The van der Waals surface area contributed by atoms with Crippen LogP contribution in [-0.4, -0.2) is 31.5 Å². The van der Waals surface area contributed by atoms with E-state index in [0.29, 0.717) is 13.0 Å². The summed E-state index contributed by atoms with van der Waals surface area (Å²) >= 11 is 0. The van der Waals surface area contributed by atoms with Crippen molar-refractivity contribution in [3.63, 3.8) is 0 Å². The topological polar surface area (TPSA) is 101 Å². The van der Waals surface area contributed by atoms with Gasteiger partial charge in [0, 0.05) is 12.2 Å². The number of nitrogens with two attached hydrogens (primary N) is 1. The summed E-state index contributed by atoms with van der Waals surface area (Å²) in [6.45, 7) is 0.707. The molecule has 98 valence electrons. The maximum absolute atomic E-state index is 11.3. The minimum atomic E-state index is -4.18. The number of rotatable bonds is 3. The summed E-state index contributed by atoms with van der Waals surface area (Å²) in [5, 5.41) is 0. The maximum Gasteiger partial charge on any atom is 0.294 e. The molecule has 0 aromatic heterocycles. The minimum absolute atomic E-state index is 0.166. The number of hydrogen-bond donors (Lipinski definition) is 2. The summed E-state index contributed by atoms with van der Waals surface area (Å²) < 4.78 is 30.7. The molecule has 0 bridgehead atoms. The predicted molar refractivity (Wildman–Crippen MR) is 65.8 cm³/mol. The average molecular weight is 270 g/mol. The van der Waals surface area contributed by atoms with Gasteiger partial charge in [0.25, 0.3) is 10.1 Å². The molecule has 1 aromatic carbocycles. The smallest absolute Gasteiger partial charge is 0.294 e. The van der Waals surface area contributed by atoms with Crippen LogP contribution in [0.5, 0.6) is 0 Å². The second kappa shape index (κ2) is 4.58. The third-order valence-corrected chi connectivity index (χ3v) is 3.92. The van der Waals surface area contributed by atoms with E-state index in [9.17, 15) is 13.2 Å². The number of carbonyl (C=O) groups excluding carboxylic acids is 1. The monoisotopic (exact) mass is 270 g/mol. The second-order valence-electron chi connectivity index (χ2n) is 4.22. The third-order valence-electron chi connectivity index (χ3n) is 3.05. The summed E-state index contributed by atoms with van der Waals surface area (Å²) in [5.74, 6) is -0.383. The Balaban J connectivity index is 2.27. The molecule has 1 fully saturated rings. The molecule has 0 saturated carbocycles. The van der Waals surface area contributed by atoms with Crippen molar-refractivity contribution in [3.05, 3.63) is 24.3 Å². The van der Waals surface area contributed by atoms with Gasteiger partial charge in [0.15, 0.2) is 0 Å². The average Bonchev–Trinajstić information content (AvgIpc) is 2.77. The molecule has 3 N–H and O–H groups in total. The maximum atomic E-state index is 11.3. The Morgan fingerprint density at radius 2 is 1.94 bits per heavy atom. The van der Waals surface area contributed by atoms with Gasteiger partial charge in [-0.05, 0) is 37.1 Å². The highest BCUT2D eigenvalue weighted by atomic mass is 32.2. The Morgan fingerprint density at radius 1 is 1.33 bits per heavy atom. The molecule has 7 heteroatoms. The number of benzene rings is 1. The number of carbonyl (C=O) groups is 1. The Hall–Kier alpha value is -1.60. The first-order valence-electron chi connectivity index (χ1n) is 5.53. The molecule has 1 atom stereocenters. The van der Waals surface area contributed by atoms with Crippen molar-refractivity contribution in [1.82, 2.24) is 0 Å². The number of hydrogen-bond acceptors (Lipinski definition) is 4. The quantitative estimate of drug-likeness (QED) is 0.774. The lowest BCUT2D eigenvalue weighted by Crippen LogP contribution is -2.40. The first-order chi connectivity index (χ1) is 8.39. The van der Waals surface area contributed by atoms with E-state index < -0.39 is 10.1 Å². The number of nitrogens with zero attached hydrogens (tertiary/aromatic N) is 1. The second-order valence-corrected chi connectivity index (χ2v) is 5.64. The van der Waals surface area contributed by atoms with Crippen molar-refractivity contribution < 1.29 is 17.8 Å². The fraction of sp³-hybridized carbons (Fsp3) is 0.364. The fourth-order valence-electron chi connectivity index (χ4n) is 2.18. The van der Waals surface area contributed by atoms with Gasteiger partial charge in [-0.3, -0.25) is 9.35 Å². The molecule has 1 aliphatic rings. The summed E-state index contributed by atoms with van der Waals surface area (Å²) in [6.07, 6.45) is 1.57. The van der Waals surface area contributed by atoms with Crippen LogP contribution >= 0.6 is 0 Å². The SMILES string of the molecule is NC(=O)C1CCCN1c1ccc(S(=O)(=O)O)cc1. The fourth-order valence-corrected chi connectivity index (χ4v) is 2.66. The molecule has 1 heterocycles. The zero-order valence-electron chi connectivity index (χ0n) is 9.61. The highest BCUT2D eigenvalue weighted by Gasteiger charge is 2.29. The van der Waals surface area contributed by atoms with Gasteiger partial charge in [0.2, 0.25) is 5.91 Å². The Kier molecular flexibility index (Phi) is 3.27. The Morgan fingerprint density at radius 3 is 2.44 bits per heavy atom. The van der Waals surface area contributed by atoms with Crippen molar-refractivity contribution in [2.24, 2.45) is 5.73 Å². The number of primary amides is 1. The van der Waals surface area contributed by atoms with E-state index >= 15 is 0 Å². The van der Waals surface area contributed by atoms with E-state index in [1.807, 2.05) is 4.90 Å². The first-order valence-corrected chi connectivity index (χ1v) is 6.97. The molecule has 1 saturated heterocycles. The molecule has 6 nitrogen and oxygen atoms in total. The predicted octanol–water partition coefficient (Wildman–Crippen LogP) is 0.387. The van der Waals surface area contributed by atoms with Crippen LogP contribution in [0.4, 0.5) is 5.69 Å². The molecule has 0 aliphatic carbocycles. The van der Waals surface area contributed by atoms with Gasteiger partial charge in [-0.2, -0.15) is 8.42 Å². The Bertz CT molecular complexity index is 553. The van der Waals surface area contributed by atoms with Crippen molar-refractivity contribution in [2.75, 3.05) is 11.4 Å². The van der Waals surface area contributed by atoms with Crippen molar-refractivity contribution in [2.45, 2.75) is 23.8 Å². The Labute approximate surface area is 105 Å². The van der Waals surface area contributed by atoms with E-state index in [1.165, 1.54) is 12.1 Å². The van der Waals surface area contributed by atoms with Gasteiger partial charge < -0.3 is 10.6 Å². The van der Waals surface area contributed by atoms with Gasteiger partial charge >= 0.3 is 0 Å². The molecule has 1 aliphatic heterocycles. The van der Waals surface area contributed by atoms with E-state index in [2.05, 4.69) is 0 Å². The van der Waals surface area contributed by atoms with Crippen LogP contribution in [0, 0.1) is 0 Å². The van der Waals surface area contributed by atoms with Crippen LogP contribution in [0.2, 0.25) is 0 Å². The molecule has 2 rings (SSSR count). The van der Waals surface area contributed by atoms with Crippen LogP contribution in [0.1, 0.15) is 12.8 Å². The molecule has 18 heavy (non-hydrogen) atoms. The van der Waals surface area contributed by atoms with E-state index in [0.717, 1.165) is 12.1 Å². The molecule has 1 amide bonds. The molecule has 1 aromatic rings. The summed E-state index contributed by atoms with van der Waals surface area (Å²) in [7, 11) is -4.18. The van der Waals surface area contributed by atoms with Gasteiger partial charge in [0.1, 0.15) is 6.04 Å². The van der Waals surface area contributed by atoms with Crippen LogP contribution in [0.15, 0.2) is 29.2 Å². The lowest BCUT2D eigenvalue weighted by atomic mass is 10.2.